The highest BCUT2D eigenvalue weighted by atomic mass is 32.2. The maximum Gasteiger partial charge on any atom is 0.282 e. The fraction of sp³-hybridized carbons (Fsp3) is 0.478. The Morgan fingerprint density at radius 2 is 1.77 bits per heavy atom. The summed E-state index contributed by atoms with van der Waals surface area (Å²) < 4.78 is 41.3. The van der Waals surface area contributed by atoms with Gasteiger partial charge in [0.1, 0.15) is 5.75 Å². The van der Waals surface area contributed by atoms with Crippen LogP contribution < -0.4 is 10.5 Å². The van der Waals surface area contributed by atoms with Gasteiger partial charge < -0.3 is 15.2 Å². The van der Waals surface area contributed by atoms with Crippen LogP contribution in [0, 0.1) is 5.92 Å². The predicted octanol–water partition coefficient (Wildman–Crippen LogP) is 2.21. The number of nitrogens with two attached hydrogens (primary N) is 1. The average molecular weight is 446 g/mol. The van der Waals surface area contributed by atoms with Gasteiger partial charge in [-0.1, -0.05) is 42.5 Å². The molecule has 4 rings (SSSR count). The lowest BCUT2D eigenvalue weighted by Crippen LogP contribution is -2.53. The summed E-state index contributed by atoms with van der Waals surface area (Å²) in [5.74, 6) is 0.999. The van der Waals surface area contributed by atoms with E-state index < -0.39 is 10.2 Å². The Morgan fingerprint density at radius 1 is 1.00 bits per heavy atom. The molecule has 2 N–H and O–H groups in total. The van der Waals surface area contributed by atoms with Crippen LogP contribution in [0.4, 0.5) is 0 Å². The quantitative estimate of drug-likeness (QED) is 0.706. The minimum Gasteiger partial charge on any atom is -0.493 e. The van der Waals surface area contributed by atoms with Gasteiger partial charge in [0.15, 0.2) is 0 Å². The van der Waals surface area contributed by atoms with Crippen molar-refractivity contribution < 1.29 is 17.9 Å². The summed E-state index contributed by atoms with van der Waals surface area (Å²) in [6.45, 7) is 3.57. The Hall–Kier alpha value is -1.97. The molecule has 0 amide bonds. The second kappa shape index (κ2) is 10.1. The van der Waals surface area contributed by atoms with Gasteiger partial charge >= 0.3 is 0 Å². The van der Waals surface area contributed by atoms with Gasteiger partial charge in [0, 0.05) is 38.6 Å². The normalized spacial score (nSPS) is 23.5. The lowest BCUT2D eigenvalue weighted by atomic mass is 9.86. The zero-order valence-corrected chi connectivity index (χ0v) is 18.5. The Kier molecular flexibility index (Phi) is 7.24. The summed E-state index contributed by atoms with van der Waals surface area (Å²) in [6.07, 6.45) is 0.885. The Balaban J connectivity index is 1.51. The first-order valence-corrected chi connectivity index (χ1v) is 12.3. The molecule has 2 aromatic carbocycles. The van der Waals surface area contributed by atoms with E-state index in [1.165, 1.54) is 5.56 Å². The molecule has 31 heavy (non-hydrogen) atoms. The molecule has 0 saturated carbocycles. The summed E-state index contributed by atoms with van der Waals surface area (Å²) in [6, 6.07) is 17.9. The van der Waals surface area contributed by atoms with Crippen LogP contribution in [0.5, 0.6) is 5.75 Å². The second-order valence-corrected chi connectivity index (χ2v) is 10.1. The number of ether oxygens (including phenoxy) is 2. The molecule has 0 aromatic heterocycles. The molecule has 2 fully saturated rings. The van der Waals surface area contributed by atoms with E-state index in [0.29, 0.717) is 52.5 Å². The number of piperidine rings is 1. The third-order valence-electron chi connectivity index (χ3n) is 6.02. The molecule has 2 aliphatic rings. The van der Waals surface area contributed by atoms with Crippen LogP contribution in [-0.4, -0.2) is 63.0 Å². The van der Waals surface area contributed by atoms with Crippen molar-refractivity contribution in [2.45, 2.75) is 18.9 Å². The third-order valence-corrected chi connectivity index (χ3v) is 7.99. The zero-order chi connectivity index (χ0) is 21.7. The molecule has 2 aliphatic heterocycles. The summed E-state index contributed by atoms with van der Waals surface area (Å²) in [7, 11) is -3.54. The largest absolute Gasteiger partial charge is 0.493 e. The van der Waals surface area contributed by atoms with Gasteiger partial charge in [-0.05, 0) is 35.6 Å². The third kappa shape index (κ3) is 5.45. The SMILES string of the molecule is NCc1cccc(OC[C@H]2C[C@@H](c3ccccc3)CN(S(=O)(=O)N3CCOCC3)C2)c1. The first-order valence-electron chi connectivity index (χ1n) is 10.9. The van der Waals surface area contributed by atoms with Gasteiger partial charge in [-0.3, -0.25) is 0 Å². The first kappa shape index (κ1) is 22.2. The van der Waals surface area contributed by atoms with E-state index in [1.54, 1.807) is 8.61 Å². The highest BCUT2D eigenvalue weighted by Crippen LogP contribution is 2.33. The number of rotatable bonds is 7. The summed E-state index contributed by atoms with van der Waals surface area (Å²) in [5.41, 5.74) is 7.91. The standard InChI is InChI=1S/C23H31N3O4S/c24-15-19-5-4-8-23(14-19)30-18-20-13-22(21-6-2-1-3-7-21)17-26(16-20)31(27,28)25-9-11-29-12-10-25/h1-8,14,20,22H,9-13,15-18,24H2/t20-,22+/m0/s1. The van der Waals surface area contributed by atoms with Gasteiger partial charge in [0.2, 0.25) is 0 Å². The first-order chi connectivity index (χ1) is 15.1. The van der Waals surface area contributed by atoms with Crippen molar-refractivity contribution in [2.24, 2.45) is 11.7 Å². The number of hydrogen-bond donors (Lipinski definition) is 1. The Morgan fingerprint density at radius 3 is 2.52 bits per heavy atom. The minimum atomic E-state index is -3.54. The second-order valence-electron chi connectivity index (χ2n) is 8.21. The van der Waals surface area contributed by atoms with Crippen LogP contribution in [0.1, 0.15) is 23.5 Å². The molecular formula is C23H31N3O4S. The molecule has 168 valence electrons. The van der Waals surface area contributed by atoms with Crippen LogP contribution >= 0.6 is 0 Å². The molecule has 2 atom stereocenters. The number of benzene rings is 2. The van der Waals surface area contributed by atoms with Crippen molar-refractivity contribution in [1.29, 1.82) is 0 Å². The molecule has 0 unspecified atom stereocenters. The molecule has 2 saturated heterocycles. The van der Waals surface area contributed by atoms with Crippen LogP contribution in [0.15, 0.2) is 54.6 Å². The van der Waals surface area contributed by atoms with Gasteiger partial charge in [0.05, 0.1) is 19.8 Å². The summed E-state index contributed by atoms with van der Waals surface area (Å²) in [5, 5.41) is 0. The molecule has 0 bridgehead atoms. The molecule has 7 nitrogen and oxygen atoms in total. The van der Waals surface area contributed by atoms with Crippen molar-refractivity contribution in [2.75, 3.05) is 46.0 Å². The number of hydrogen-bond acceptors (Lipinski definition) is 5. The van der Waals surface area contributed by atoms with Crippen molar-refractivity contribution >= 4 is 10.2 Å². The topological polar surface area (TPSA) is 85.1 Å². The highest BCUT2D eigenvalue weighted by Gasteiger charge is 2.38. The lowest BCUT2D eigenvalue weighted by molar-refractivity contribution is 0.0679. The van der Waals surface area contributed by atoms with E-state index in [-0.39, 0.29) is 11.8 Å². The maximum absolute atomic E-state index is 13.4. The van der Waals surface area contributed by atoms with Gasteiger partial charge in [-0.2, -0.15) is 17.0 Å². The van der Waals surface area contributed by atoms with Gasteiger partial charge in [-0.15, -0.1) is 0 Å². The number of morpholine rings is 1. The minimum absolute atomic E-state index is 0.0938. The van der Waals surface area contributed by atoms with Crippen LogP contribution in [0.2, 0.25) is 0 Å². The molecular weight excluding hydrogens is 414 g/mol. The van der Waals surface area contributed by atoms with E-state index in [9.17, 15) is 8.42 Å². The van der Waals surface area contributed by atoms with Gasteiger partial charge in [-0.25, -0.2) is 0 Å². The number of nitrogens with zero attached hydrogens (tertiary/aromatic N) is 2. The van der Waals surface area contributed by atoms with Crippen LogP contribution in [-0.2, 0) is 21.5 Å². The fourth-order valence-corrected chi connectivity index (χ4v) is 6.06. The molecule has 8 heteroatoms. The van der Waals surface area contributed by atoms with E-state index in [4.69, 9.17) is 15.2 Å². The van der Waals surface area contributed by atoms with Crippen molar-refractivity contribution in [3.63, 3.8) is 0 Å². The Labute approximate surface area is 184 Å². The zero-order valence-electron chi connectivity index (χ0n) is 17.7. The fourth-order valence-electron chi connectivity index (χ4n) is 4.35. The summed E-state index contributed by atoms with van der Waals surface area (Å²) >= 11 is 0. The van der Waals surface area contributed by atoms with Crippen molar-refractivity contribution in [3.8, 4) is 5.75 Å². The van der Waals surface area contributed by atoms with Crippen LogP contribution in [0.25, 0.3) is 0 Å². The van der Waals surface area contributed by atoms with Crippen molar-refractivity contribution in [3.05, 3.63) is 65.7 Å². The maximum atomic E-state index is 13.4. The predicted molar refractivity (Wildman–Crippen MR) is 120 cm³/mol. The molecule has 2 heterocycles. The van der Waals surface area contributed by atoms with Crippen molar-refractivity contribution in [1.82, 2.24) is 8.61 Å². The Bertz CT molecular complexity index is 948. The molecule has 0 aliphatic carbocycles. The van der Waals surface area contributed by atoms with E-state index in [1.807, 2.05) is 42.5 Å². The molecule has 2 aromatic rings. The lowest BCUT2D eigenvalue weighted by Gasteiger charge is -2.40. The molecule has 0 spiro atoms. The smallest absolute Gasteiger partial charge is 0.282 e. The van der Waals surface area contributed by atoms with E-state index in [2.05, 4.69) is 12.1 Å². The molecule has 0 radical (unpaired) electrons. The monoisotopic (exact) mass is 445 g/mol. The summed E-state index contributed by atoms with van der Waals surface area (Å²) in [4.78, 5) is 0. The average Bonchev–Trinajstić information content (AvgIpc) is 2.84. The van der Waals surface area contributed by atoms with Crippen LogP contribution in [0.3, 0.4) is 0 Å². The van der Waals surface area contributed by atoms with E-state index >= 15 is 0 Å². The van der Waals surface area contributed by atoms with Gasteiger partial charge in [0.25, 0.3) is 10.2 Å². The van der Waals surface area contributed by atoms with E-state index in [0.717, 1.165) is 17.7 Å². The highest BCUT2D eigenvalue weighted by molar-refractivity contribution is 7.86.